The Hall–Kier alpha value is -2.16. The molecule has 24 heteroatoms. The molecule has 0 amide bonds. The Bertz CT molecular complexity index is 1940. The number of benzene rings is 2. The first kappa shape index (κ1) is 57.9. The number of hydrogen-bond acceptors (Lipinski definition) is 16. The van der Waals surface area contributed by atoms with Gasteiger partial charge in [0.15, 0.2) is 11.6 Å². The van der Waals surface area contributed by atoms with Crippen LogP contribution in [-0.4, -0.2) is 94.8 Å². The van der Waals surface area contributed by atoms with Crippen LogP contribution in [0.25, 0.3) is 0 Å². The van der Waals surface area contributed by atoms with Gasteiger partial charge in [0.1, 0.15) is 22.9 Å². The van der Waals surface area contributed by atoms with Crippen molar-refractivity contribution in [1.29, 1.82) is 0 Å². The zero-order chi connectivity index (χ0) is 39.7. The summed E-state index contributed by atoms with van der Waals surface area (Å²) in [6.07, 6.45) is 5.32. The molecule has 0 aliphatic carbocycles. The molecule has 308 valence electrons. The quantitative estimate of drug-likeness (QED) is 0.0787. The number of hydrogen-bond donors (Lipinski definition) is 2. The average molecular weight is 995 g/mol. The summed E-state index contributed by atoms with van der Waals surface area (Å²) in [5.74, 6) is -0.102. The van der Waals surface area contributed by atoms with E-state index in [1.54, 1.807) is 73.1 Å². The fourth-order valence-electron chi connectivity index (χ4n) is 4.79. The number of nitrogens with zero attached hydrogens (tertiary/aromatic N) is 8. The molecule has 2 heterocycles. The monoisotopic (exact) mass is 992 g/mol. The van der Waals surface area contributed by atoms with Crippen molar-refractivity contribution >= 4 is 86.5 Å². The van der Waals surface area contributed by atoms with Gasteiger partial charge in [0.05, 0.1) is 20.2 Å². The van der Waals surface area contributed by atoms with E-state index >= 15 is 0 Å². The van der Waals surface area contributed by atoms with E-state index in [-0.39, 0.29) is 94.4 Å². The van der Waals surface area contributed by atoms with E-state index in [2.05, 4.69) is 62.3 Å². The van der Waals surface area contributed by atoms with Crippen LogP contribution in [-0.2, 0) is 20.2 Å². The molecular weight excluding hydrogens is 950 g/mol. The Kier molecular flexibility index (Phi) is 29.1. The largest absolute Gasteiger partial charge is 1.00 e. The van der Waals surface area contributed by atoms with Crippen molar-refractivity contribution in [3.8, 4) is 11.5 Å². The van der Waals surface area contributed by atoms with Gasteiger partial charge >= 0.3 is 59.1 Å². The molecule has 0 radical (unpaired) electrons. The maximum atomic E-state index is 10.8. The van der Waals surface area contributed by atoms with Crippen LogP contribution >= 0.6 is 31.9 Å². The normalized spacial score (nSPS) is 11.0. The van der Waals surface area contributed by atoms with E-state index in [4.69, 9.17) is 0 Å². The zero-order valence-corrected chi connectivity index (χ0v) is 41.3. The molecular formula is C34H44Br2N8Na2O10S2. The predicted octanol–water partition coefficient (Wildman–Crippen LogP) is 0.592. The molecule has 0 atom stereocenters. The smallest absolute Gasteiger partial charge is 0.748 e. The first-order valence-electron chi connectivity index (χ1n) is 16.7. The average Bonchev–Trinajstić information content (AvgIpc) is 3.10. The molecule has 18 nitrogen and oxygen atoms in total. The second kappa shape index (κ2) is 29.2. The minimum absolute atomic E-state index is 0. The van der Waals surface area contributed by atoms with Crippen LogP contribution in [0.5, 0.6) is 11.5 Å². The summed E-state index contributed by atoms with van der Waals surface area (Å²) in [6, 6.07) is 16.8. The van der Waals surface area contributed by atoms with Crippen molar-refractivity contribution in [3.05, 3.63) is 82.0 Å². The summed E-state index contributed by atoms with van der Waals surface area (Å²) in [4.78, 5) is 12.0. The van der Waals surface area contributed by atoms with Crippen LogP contribution in [0.2, 0.25) is 0 Å². The summed E-state index contributed by atoms with van der Waals surface area (Å²) in [7, 11) is -8.46. The Labute approximate surface area is 399 Å². The Morgan fingerprint density at radius 3 is 1.24 bits per heavy atom. The maximum absolute atomic E-state index is 10.8. The van der Waals surface area contributed by atoms with Gasteiger partial charge in [-0.15, -0.1) is 20.5 Å². The van der Waals surface area contributed by atoms with Gasteiger partial charge in [-0.1, -0.05) is 13.8 Å². The standard InChI is InChI=1S/2C17H21BrN4O4S.2Na.2H2O/c2*1-2-8-22(9-3-10-27(24,25)26)14-5-6-15(16(23)11-14)20-21-17-7-4-13(18)12-19-17;;;;/h2*4-7,11-12,23H,2-3,8-10H2,1H3,(H,24,25,26);;;2*1H2/q;;2*+1;;/p-2. The molecule has 0 aliphatic heterocycles. The number of rotatable bonds is 18. The van der Waals surface area contributed by atoms with Gasteiger partial charge < -0.3 is 40.1 Å². The number of anilines is 2. The topological polar surface area (TPSA) is 300 Å². The minimum atomic E-state index is -4.23. The molecule has 0 saturated carbocycles. The fourth-order valence-corrected chi connectivity index (χ4v) is 6.23. The molecule has 0 saturated heterocycles. The van der Waals surface area contributed by atoms with E-state index in [9.17, 15) is 36.2 Å². The van der Waals surface area contributed by atoms with Crippen LogP contribution in [0.15, 0.2) is 102 Å². The number of azo groups is 2. The fraction of sp³-hybridized carbons (Fsp3) is 0.353. The summed E-state index contributed by atoms with van der Waals surface area (Å²) < 4.78 is 66.3. The summed E-state index contributed by atoms with van der Waals surface area (Å²) in [5.41, 5.74) is 2.03. The van der Waals surface area contributed by atoms with Crippen molar-refractivity contribution in [2.24, 2.45) is 20.5 Å². The van der Waals surface area contributed by atoms with Crippen LogP contribution in [0.1, 0.15) is 39.5 Å². The van der Waals surface area contributed by atoms with Gasteiger partial charge in [-0.25, -0.2) is 26.8 Å². The van der Waals surface area contributed by atoms with Crippen LogP contribution < -0.4 is 68.9 Å². The van der Waals surface area contributed by atoms with Crippen molar-refractivity contribution in [2.45, 2.75) is 39.5 Å². The van der Waals surface area contributed by atoms with Crippen LogP contribution in [0.3, 0.4) is 0 Å². The second-order valence-corrected chi connectivity index (χ2v) is 16.5. The molecule has 2 aromatic heterocycles. The van der Waals surface area contributed by atoms with Gasteiger partial charge in [0, 0.05) is 82.5 Å². The van der Waals surface area contributed by atoms with Crippen LogP contribution in [0, 0.1) is 0 Å². The second-order valence-electron chi connectivity index (χ2n) is 11.6. The molecule has 4 aromatic rings. The minimum Gasteiger partial charge on any atom is -0.748 e. The maximum Gasteiger partial charge on any atom is 1.00 e. The van der Waals surface area contributed by atoms with E-state index in [0.29, 0.717) is 49.2 Å². The third kappa shape index (κ3) is 22.4. The first-order chi connectivity index (χ1) is 25.6. The van der Waals surface area contributed by atoms with E-state index in [1.165, 1.54) is 0 Å². The first-order valence-corrected chi connectivity index (χ1v) is 21.4. The van der Waals surface area contributed by atoms with E-state index in [0.717, 1.165) is 33.2 Å². The third-order valence-electron chi connectivity index (χ3n) is 7.22. The number of phenolic OH excluding ortho intramolecular Hbond substituents is 2. The van der Waals surface area contributed by atoms with Gasteiger partial charge in [-0.2, -0.15) is 0 Å². The number of aromatic nitrogens is 2. The van der Waals surface area contributed by atoms with Crippen molar-refractivity contribution in [1.82, 2.24) is 9.97 Å². The number of pyridine rings is 2. The number of aromatic hydroxyl groups is 2. The molecule has 0 bridgehead atoms. The van der Waals surface area contributed by atoms with Crippen molar-refractivity contribution < 1.29 is 106 Å². The molecule has 0 spiro atoms. The predicted molar refractivity (Wildman–Crippen MR) is 219 cm³/mol. The molecule has 0 aliphatic rings. The molecule has 2 aromatic carbocycles. The Balaban J connectivity index is 0. The van der Waals surface area contributed by atoms with E-state index < -0.39 is 31.7 Å². The van der Waals surface area contributed by atoms with Crippen molar-refractivity contribution in [3.63, 3.8) is 0 Å². The molecule has 6 N–H and O–H groups in total. The molecule has 58 heavy (non-hydrogen) atoms. The molecule has 0 unspecified atom stereocenters. The molecule has 4 rings (SSSR count). The Morgan fingerprint density at radius 2 is 0.966 bits per heavy atom. The molecule has 0 fully saturated rings. The number of phenols is 2. The zero-order valence-electron chi connectivity index (χ0n) is 32.5. The van der Waals surface area contributed by atoms with Crippen LogP contribution in [0.4, 0.5) is 34.4 Å². The van der Waals surface area contributed by atoms with Crippen molar-refractivity contribution in [2.75, 3.05) is 47.5 Å². The number of halogens is 2. The van der Waals surface area contributed by atoms with Gasteiger partial charge in [-0.05, 0) is 106 Å². The van der Waals surface area contributed by atoms with E-state index in [1.807, 2.05) is 23.6 Å². The SMILES string of the molecule is CCCN(CCCS(=O)(=O)[O-])c1ccc(N=Nc2ccc(Br)cn2)c(O)c1.CCCN(CCCS(=O)(=O)[O-])c1ccc(N=Nc2ccc(Br)cn2)c(O)c1.O.O.[Na+].[Na+]. The van der Waals surface area contributed by atoms with Gasteiger partial charge in [0.25, 0.3) is 0 Å². The summed E-state index contributed by atoms with van der Waals surface area (Å²) >= 11 is 6.57. The van der Waals surface area contributed by atoms with Gasteiger partial charge in [-0.3, -0.25) is 0 Å². The van der Waals surface area contributed by atoms with Gasteiger partial charge in [0.2, 0.25) is 0 Å². The summed E-state index contributed by atoms with van der Waals surface area (Å²) in [6.45, 7) is 6.12. The third-order valence-corrected chi connectivity index (χ3v) is 9.74. The Morgan fingerprint density at radius 1 is 0.603 bits per heavy atom. The summed E-state index contributed by atoms with van der Waals surface area (Å²) in [5, 5.41) is 36.4.